The molecule has 4 atom stereocenters. The summed E-state index contributed by atoms with van der Waals surface area (Å²) < 4.78 is 19.3. The second-order valence-electron chi connectivity index (χ2n) is 6.77. The fraction of sp³-hybridized carbons (Fsp3) is 0.364. The zero-order valence-electron chi connectivity index (χ0n) is 16.3. The summed E-state index contributed by atoms with van der Waals surface area (Å²) in [7, 11) is 2.59. The Morgan fingerprint density at radius 3 is 2.14 bits per heavy atom. The van der Waals surface area contributed by atoms with Gasteiger partial charge in [0.25, 0.3) is 0 Å². The smallest absolute Gasteiger partial charge is 0.341 e. The van der Waals surface area contributed by atoms with Gasteiger partial charge in [-0.25, -0.2) is 9.18 Å². The highest BCUT2D eigenvalue weighted by Gasteiger charge is 2.38. The zero-order valence-corrected chi connectivity index (χ0v) is 16.3. The number of aliphatic hydroxyl groups is 1. The van der Waals surface area contributed by atoms with Gasteiger partial charge in [-0.1, -0.05) is 60.7 Å². The Morgan fingerprint density at radius 2 is 1.61 bits per heavy atom. The average Bonchev–Trinajstić information content (AvgIpc) is 2.75. The van der Waals surface area contributed by atoms with Gasteiger partial charge in [-0.2, -0.15) is 0 Å². The molecule has 2 rings (SSSR count). The minimum absolute atomic E-state index is 0.0500. The molecule has 0 saturated carbocycles. The molecule has 0 aliphatic heterocycles. The molecule has 0 spiro atoms. The van der Waals surface area contributed by atoms with Crippen LogP contribution in [-0.2, 0) is 20.7 Å². The molecule has 0 aliphatic rings. The average molecular weight is 387 g/mol. The molecule has 1 N–H and O–H groups in total. The summed E-state index contributed by atoms with van der Waals surface area (Å²) in [6, 6.07) is 17.2. The Bertz CT molecular complexity index is 769. The molecule has 150 valence electrons. The highest BCUT2D eigenvalue weighted by atomic mass is 19.1. The monoisotopic (exact) mass is 387 g/mol. The lowest BCUT2D eigenvalue weighted by Gasteiger charge is -2.32. The summed E-state index contributed by atoms with van der Waals surface area (Å²) in [4.78, 5) is 26.1. The molecule has 0 fully saturated rings. The van der Waals surface area contributed by atoms with E-state index in [1.807, 2.05) is 12.1 Å². The number of carbonyl (C=O) groups excluding carboxylic acids is 2. The van der Waals surface area contributed by atoms with Crippen LogP contribution in [0.2, 0.25) is 0 Å². The van der Waals surface area contributed by atoms with E-state index in [9.17, 15) is 19.1 Å². The van der Waals surface area contributed by atoms with E-state index in [0.717, 1.165) is 12.7 Å². The lowest BCUT2D eigenvalue weighted by atomic mass is 9.92. The van der Waals surface area contributed by atoms with Crippen molar-refractivity contribution in [3.05, 3.63) is 71.8 Å². The van der Waals surface area contributed by atoms with Crippen LogP contribution in [0.15, 0.2) is 60.7 Å². The Labute approximate surface area is 164 Å². The molecule has 28 heavy (non-hydrogen) atoms. The highest BCUT2D eigenvalue weighted by Crippen LogP contribution is 2.24. The minimum atomic E-state index is -2.10. The minimum Gasteiger partial charge on any atom is -0.467 e. The van der Waals surface area contributed by atoms with E-state index in [1.54, 1.807) is 55.5 Å². The molecule has 6 heteroatoms. The molecule has 0 heterocycles. The maximum absolute atomic E-state index is 14.8. The van der Waals surface area contributed by atoms with E-state index < -0.39 is 36.1 Å². The van der Waals surface area contributed by atoms with Crippen LogP contribution in [0.4, 0.5) is 4.39 Å². The first kappa shape index (κ1) is 21.6. The number of likely N-dealkylation sites (N-methyl/N-ethyl adjacent to an activating group) is 1. The molecule has 0 radical (unpaired) electrons. The third-order valence-electron chi connectivity index (χ3n) is 4.95. The van der Waals surface area contributed by atoms with Crippen LogP contribution in [0.3, 0.4) is 0 Å². The van der Waals surface area contributed by atoms with Crippen LogP contribution in [0, 0.1) is 5.92 Å². The number of carbonyl (C=O) groups is 2. The lowest BCUT2D eigenvalue weighted by molar-refractivity contribution is -0.155. The van der Waals surface area contributed by atoms with Gasteiger partial charge in [-0.15, -0.1) is 0 Å². The number of aliphatic hydroxyl groups excluding tert-OH is 1. The molecule has 0 unspecified atom stereocenters. The number of methoxy groups -OCH3 is 1. The normalized spacial score (nSPS) is 15.2. The fourth-order valence-corrected chi connectivity index (χ4v) is 3.06. The number of rotatable bonds is 8. The van der Waals surface area contributed by atoms with Crippen molar-refractivity contribution >= 4 is 11.9 Å². The van der Waals surface area contributed by atoms with Crippen molar-refractivity contribution in [3.8, 4) is 0 Å². The van der Waals surface area contributed by atoms with E-state index in [4.69, 9.17) is 0 Å². The SMILES string of the molecule is COC(=O)[C@@H](F)[C@@H](Cc1ccccc1)C(=O)N(C)[C@@H](C)[C@@H](O)c1ccccc1. The van der Waals surface area contributed by atoms with Crippen molar-refractivity contribution < 1.29 is 23.8 Å². The molecule has 5 nitrogen and oxygen atoms in total. The van der Waals surface area contributed by atoms with Crippen LogP contribution in [0.25, 0.3) is 0 Å². The number of halogens is 1. The maximum atomic E-state index is 14.8. The van der Waals surface area contributed by atoms with Gasteiger partial charge in [0.05, 0.1) is 25.2 Å². The number of nitrogens with zero attached hydrogens (tertiary/aromatic N) is 1. The Hall–Kier alpha value is -2.73. The molecule has 0 aromatic heterocycles. The Kier molecular flexibility index (Phi) is 7.70. The first-order valence-electron chi connectivity index (χ1n) is 9.12. The third-order valence-corrected chi connectivity index (χ3v) is 4.95. The quantitative estimate of drug-likeness (QED) is 0.708. The third kappa shape index (κ3) is 5.16. The number of alkyl halides is 1. The number of ether oxygens (including phenoxy) is 1. The summed E-state index contributed by atoms with van der Waals surface area (Å²) in [5.74, 6) is -2.89. The van der Waals surface area contributed by atoms with Gasteiger partial charge in [0, 0.05) is 7.05 Å². The molecule has 2 aromatic carbocycles. The zero-order chi connectivity index (χ0) is 20.7. The van der Waals surface area contributed by atoms with Crippen LogP contribution in [0.1, 0.15) is 24.2 Å². The molecule has 0 bridgehead atoms. The summed E-state index contributed by atoms with van der Waals surface area (Å²) in [6.07, 6.45) is -2.99. The summed E-state index contributed by atoms with van der Waals surface area (Å²) in [5, 5.41) is 10.6. The van der Waals surface area contributed by atoms with Crippen LogP contribution in [-0.4, -0.2) is 48.3 Å². The van der Waals surface area contributed by atoms with Gasteiger partial charge < -0.3 is 14.7 Å². The van der Waals surface area contributed by atoms with Crippen LogP contribution in [0.5, 0.6) is 0 Å². The van der Waals surface area contributed by atoms with E-state index in [2.05, 4.69) is 4.74 Å². The number of amides is 1. The molecule has 0 aliphatic carbocycles. The standard InChI is InChI=1S/C22H26FNO4/c1-15(20(25)17-12-8-5-9-13-17)24(2)21(26)18(19(23)22(27)28-3)14-16-10-6-4-7-11-16/h4-13,15,18-20,25H,14H2,1-3H3/t15-,18+,19-,20+/m0/s1. The first-order chi connectivity index (χ1) is 13.4. The van der Waals surface area contributed by atoms with Crippen molar-refractivity contribution in [1.82, 2.24) is 4.90 Å². The van der Waals surface area contributed by atoms with Gasteiger partial charge in [0.2, 0.25) is 12.1 Å². The summed E-state index contributed by atoms with van der Waals surface area (Å²) >= 11 is 0. The van der Waals surface area contributed by atoms with Crippen molar-refractivity contribution in [2.75, 3.05) is 14.2 Å². The van der Waals surface area contributed by atoms with E-state index in [-0.39, 0.29) is 6.42 Å². The van der Waals surface area contributed by atoms with E-state index in [0.29, 0.717) is 5.56 Å². The van der Waals surface area contributed by atoms with Crippen molar-refractivity contribution in [3.63, 3.8) is 0 Å². The Balaban J connectivity index is 2.23. The fourth-order valence-electron chi connectivity index (χ4n) is 3.06. The van der Waals surface area contributed by atoms with Gasteiger partial charge in [-0.3, -0.25) is 4.79 Å². The van der Waals surface area contributed by atoms with Gasteiger partial charge >= 0.3 is 5.97 Å². The largest absolute Gasteiger partial charge is 0.467 e. The second kappa shape index (κ2) is 9.99. The highest BCUT2D eigenvalue weighted by molar-refractivity contribution is 5.87. The topological polar surface area (TPSA) is 66.8 Å². The van der Waals surface area contributed by atoms with E-state index >= 15 is 0 Å². The Morgan fingerprint density at radius 1 is 1.07 bits per heavy atom. The molecule has 0 saturated heterocycles. The van der Waals surface area contributed by atoms with E-state index in [1.165, 1.54) is 11.9 Å². The number of hydrogen-bond donors (Lipinski definition) is 1. The molecular formula is C22H26FNO4. The number of benzene rings is 2. The van der Waals surface area contributed by atoms with Gasteiger partial charge in [0.15, 0.2) is 0 Å². The lowest BCUT2D eigenvalue weighted by Crippen LogP contribution is -2.47. The maximum Gasteiger partial charge on any atom is 0.341 e. The van der Waals surface area contributed by atoms with Crippen LogP contribution >= 0.6 is 0 Å². The molecule has 2 aromatic rings. The van der Waals surface area contributed by atoms with Crippen molar-refractivity contribution in [2.45, 2.75) is 31.7 Å². The second-order valence-corrected chi connectivity index (χ2v) is 6.77. The van der Waals surface area contributed by atoms with Gasteiger partial charge in [-0.05, 0) is 24.5 Å². The van der Waals surface area contributed by atoms with Gasteiger partial charge in [0.1, 0.15) is 0 Å². The molecular weight excluding hydrogens is 361 g/mol. The summed E-state index contributed by atoms with van der Waals surface area (Å²) in [5.41, 5.74) is 1.39. The number of esters is 1. The predicted octanol–water partition coefficient (Wildman–Crippen LogP) is 2.94. The summed E-state index contributed by atoms with van der Waals surface area (Å²) in [6.45, 7) is 1.68. The predicted molar refractivity (Wildman–Crippen MR) is 104 cm³/mol. The number of hydrogen-bond acceptors (Lipinski definition) is 4. The van der Waals surface area contributed by atoms with Crippen LogP contribution < -0.4 is 0 Å². The van der Waals surface area contributed by atoms with Crippen molar-refractivity contribution in [2.24, 2.45) is 5.92 Å². The molecule has 1 amide bonds. The van der Waals surface area contributed by atoms with Crippen molar-refractivity contribution in [1.29, 1.82) is 0 Å². The first-order valence-corrected chi connectivity index (χ1v) is 9.12.